The Morgan fingerprint density at radius 1 is 0.933 bits per heavy atom. The average molecular weight is 429 g/mol. The minimum Gasteiger partial charge on any atom is -0.459 e. The summed E-state index contributed by atoms with van der Waals surface area (Å²) in [7, 11) is -1.18. The molecule has 1 saturated carbocycles. The second kappa shape index (κ2) is 11.5. The first-order valence-corrected chi connectivity index (χ1v) is 15.8. The predicted molar refractivity (Wildman–Crippen MR) is 130 cm³/mol. The normalized spacial score (nSPS) is 29.5. The fourth-order valence-electron chi connectivity index (χ4n) is 5.92. The molecule has 1 aliphatic carbocycles. The van der Waals surface area contributed by atoms with Gasteiger partial charge in [0.15, 0.2) is 0 Å². The first-order chi connectivity index (χ1) is 14.5. The summed E-state index contributed by atoms with van der Waals surface area (Å²) >= 11 is 0. The zero-order valence-electron chi connectivity index (χ0n) is 19.8. The van der Waals surface area contributed by atoms with Crippen LogP contribution in [0.1, 0.15) is 100 Å². The van der Waals surface area contributed by atoms with Gasteiger partial charge in [-0.25, -0.2) is 4.79 Å². The van der Waals surface area contributed by atoms with Crippen LogP contribution in [-0.4, -0.2) is 20.1 Å². The number of carbonyl (C=O) groups is 1. The van der Waals surface area contributed by atoms with E-state index in [1.54, 1.807) is 0 Å². The second-order valence-electron chi connectivity index (χ2n) is 10.4. The number of unbranched alkanes of at least 4 members (excludes halogenated alkanes) is 2. The molecule has 3 heteroatoms. The Labute approximate surface area is 186 Å². The van der Waals surface area contributed by atoms with E-state index in [9.17, 15) is 4.79 Å². The smallest absolute Gasteiger partial charge is 0.338 e. The van der Waals surface area contributed by atoms with Crippen LogP contribution < -0.4 is 0 Å². The Morgan fingerprint density at radius 3 is 2.20 bits per heavy atom. The lowest BCUT2D eigenvalue weighted by molar-refractivity contribution is 0.0270. The fraction of sp³-hybridized carbons (Fsp3) is 0.741. The van der Waals surface area contributed by atoms with Gasteiger partial charge in [-0.1, -0.05) is 102 Å². The van der Waals surface area contributed by atoms with Crippen molar-refractivity contribution in [2.24, 2.45) is 5.92 Å². The van der Waals surface area contributed by atoms with Gasteiger partial charge >= 0.3 is 5.97 Å². The molecule has 1 heterocycles. The number of aryl methyl sites for hydroxylation is 1. The van der Waals surface area contributed by atoms with Crippen LogP contribution in [0.4, 0.5) is 0 Å². The highest BCUT2D eigenvalue weighted by Gasteiger charge is 2.41. The molecule has 0 spiro atoms. The van der Waals surface area contributed by atoms with E-state index in [-0.39, 0.29) is 12.1 Å². The molecule has 0 bridgehead atoms. The molecule has 1 saturated heterocycles. The molecule has 0 aromatic heterocycles. The molecule has 1 aliphatic heterocycles. The Kier molecular flexibility index (Phi) is 9.04. The molecule has 30 heavy (non-hydrogen) atoms. The van der Waals surface area contributed by atoms with Crippen molar-refractivity contribution < 1.29 is 9.53 Å². The van der Waals surface area contributed by atoms with Gasteiger partial charge in [0.05, 0.1) is 13.6 Å². The lowest BCUT2D eigenvalue weighted by Gasteiger charge is -2.44. The van der Waals surface area contributed by atoms with Crippen LogP contribution >= 0.6 is 0 Å². The van der Waals surface area contributed by atoms with Crippen LogP contribution in [-0.2, 0) is 11.2 Å². The van der Waals surface area contributed by atoms with E-state index in [1.807, 2.05) is 12.1 Å². The number of hydrogen-bond acceptors (Lipinski definition) is 2. The molecular weight excluding hydrogens is 384 g/mol. The van der Waals surface area contributed by atoms with E-state index < -0.39 is 8.07 Å². The van der Waals surface area contributed by atoms with E-state index in [0.717, 1.165) is 37.1 Å². The fourth-order valence-corrected chi connectivity index (χ4v) is 10.7. The molecular formula is C27H44O2Si. The molecule has 0 N–H and O–H groups in total. The molecule has 3 rings (SSSR count). The summed E-state index contributed by atoms with van der Waals surface area (Å²) in [6.07, 6.45) is 16.1. The van der Waals surface area contributed by atoms with Crippen molar-refractivity contribution >= 4 is 14.0 Å². The van der Waals surface area contributed by atoms with Crippen molar-refractivity contribution in [2.45, 2.75) is 121 Å². The second-order valence-corrected chi connectivity index (χ2v) is 15.5. The molecule has 2 fully saturated rings. The highest BCUT2D eigenvalue weighted by Crippen LogP contribution is 2.47. The summed E-state index contributed by atoms with van der Waals surface area (Å²) in [5.74, 6) is 0.882. The third-order valence-electron chi connectivity index (χ3n) is 8.13. The van der Waals surface area contributed by atoms with Gasteiger partial charge < -0.3 is 4.74 Å². The van der Waals surface area contributed by atoms with E-state index >= 15 is 0 Å². The molecule has 2 aliphatic rings. The van der Waals surface area contributed by atoms with Crippen LogP contribution in [0.15, 0.2) is 24.3 Å². The van der Waals surface area contributed by atoms with E-state index in [1.165, 1.54) is 69.0 Å². The van der Waals surface area contributed by atoms with Gasteiger partial charge in [0.1, 0.15) is 6.10 Å². The van der Waals surface area contributed by atoms with Crippen molar-refractivity contribution in [3.63, 3.8) is 0 Å². The van der Waals surface area contributed by atoms with Gasteiger partial charge in [-0.05, 0) is 48.4 Å². The van der Waals surface area contributed by atoms with Gasteiger partial charge in [0.25, 0.3) is 0 Å². The number of ether oxygens (including phenoxy) is 1. The van der Waals surface area contributed by atoms with Crippen molar-refractivity contribution in [3.8, 4) is 0 Å². The summed E-state index contributed by atoms with van der Waals surface area (Å²) < 4.78 is 5.91. The molecule has 1 aromatic carbocycles. The van der Waals surface area contributed by atoms with Crippen LogP contribution in [0.5, 0.6) is 0 Å². The van der Waals surface area contributed by atoms with Crippen molar-refractivity contribution in [2.75, 3.05) is 0 Å². The Hall–Kier alpha value is -1.09. The first kappa shape index (κ1) is 23.6. The number of esters is 1. The summed E-state index contributed by atoms with van der Waals surface area (Å²) in [6.45, 7) is 7.14. The molecule has 2 nitrogen and oxygen atoms in total. The van der Waals surface area contributed by atoms with Gasteiger partial charge in [-0.2, -0.15) is 0 Å². The maximum atomic E-state index is 12.6. The topological polar surface area (TPSA) is 26.3 Å². The average Bonchev–Trinajstić information content (AvgIpc) is 2.77. The minimum absolute atomic E-state index is 0.124. The lowest BCUT2D eigenvalue weighted by atomic mass is 9.85. The van der Waals surface area contributed by atoms with Crippen LogP contribution in [0, 0.1) is 5.92 Å². The number of hydrogen-bond donors (Lipinski definition) is 0. The third-order valence-corrected chi connectivity index (χ3v) is 13.5. The van der Waals surface area contributed by atoms with Crippen LogP contribution in [0.3, 0.4) is 0 Å². The Bertz CT molecular complexity index is 637. The first-order valence-electron chi connectivity index (χ1n) is 12.8. The van der Waals surface area contributed by atoms with Crippen LogP contribution in [0.2, 0.25) is 24.2 Å². The maximum Gasteiger partial charge on any atom is 0.338 e. The maximum absolute atomic E-state index is 12.6. The van der Waals surface area contributed by atoms with Crippen LogP contribution in [0.25, 0.3) is 0 Å². The molecule has 0 amide bonds. The summed E-state index contributed by atoms with van der Waals surface area (Å²) in [5.41, 5.74) is 3.03. The van der Waals surface area contributed by atoms with Crippen molar-refractivity contribution in [1.82, 2.24) is 0 Å². The molecule has 1 aromatic rings. The monoisotopic (exact) mass is 428 g/mol. The SMILES string of the molecule is CCCCC[C@H]1CC[C@H]([Si]2(C)CCC(OC(=O)c3ccc(CCC)cc3)CC2)CC1. The van der Waals surface area contributed by atoms with Gasteiger partial charge in [-0.15, -0.1) is 0 Å². The zero-order valence-corrected chi connectivity index (χ0v) is 20.8. The van der Waals surface area contributed by atoms with Gasteiger partial charge in [-0.3, -0.25) is 0 Å². The lowest BCUT2D eigenvalue weighted by Crippen LogP contribution is -2.43. The molecule has 168 valence electrons. The molecule has 0 atom stereocenters. The molecule has 0 unspecified atom stereocenters. The highest BCUT2D eigenvalue weighted by molar-refractivity contribution is 6.80. The highest BCUT2D eigenvalue weighted by atomic mass is 28.3. The van der Waals surface area contributed by atoms with Gasteiger partial charge in [0.2, 0.25) is 0 Å². The van der Waals surface area contributed by atoms with E-state index in [4.69, 9.17) is 4.74 Å². The Balaban J connectivity index is 1.42. The number of carbonyl (C=O) groups excluding carboxylic acids is 1. The standard InChI is InChI=1S/C27H44O2Si/c1-4-6-7-9-23-12-16-26(17-13-23)30(3)20-18-25(19-21-30)29-27(28)24-14-10-22(8-5-2)11-15-24/h10-11,14-15,23,25-26H,4-9,12-13,16-21H2,1-3H3/t23-,25?,26-,30?. The minimum atomic E-state index is -1.18. The molecule has 0 radical (unpaired) electrons. The van der Waals surface area contributed by atoms with Crippen molar-refractivity contribution in [1.29, 1.82) is 0 Å². The number of benzene rings is 1. The zero-order chi connectivity index (χ0) is 21.4. The van der Waals surface area contributed by atoms with E-state index in [0.29, 0.717) is 5.56 Å². The van der Waals surface area contributed by atoms with Crippen molar-refractivity contribution in [3.05, 3.63) is 35.4 Å². The van der Waals surface area contributed by atoms with E-state index in [2.05, 4.69) is 32.5 Å². The summed E-state index contributed by atoms with van der Waals surface area (Å²) in [5, 5.41) is 0. The third kappa shape index (κ3) is 6.45. The largest absolute Gasteiger partial charge is 0.459 e. The van der Waals surface area contributed by atoms with Gasteiger partial charge in [0, 0.05) is 0 Å². The predicted octanol–water partition coefficient (Wildman–Crippen LogP) is 8.18. The summed E-state index contributed by atoms with van der Waals surface area (Å²) in [6, 6.07) is 10.7. The quantitative estimate of drug-likeness (QED) is 0.225. The number of rotatable bonds is 9. The Morgan fingerprint density at radius 2 is 1.60 bits per heavy atom. The summed E-state index contributed by atoms with van der Waals surface area (Å²) in [4.78, 5) is 12.6.